The lowest BCUT2D eigenvalue weighted by molar-refractivity contribution is -0.122. The minimum Gasteiger partial charge on any atom is -0.454 e. The van der Waals surface area contributed by atoms with Gasteiger partial charge in [-0.2, -0.15) is 0 Å². The fourth-order valence-corrected chi connectivity index (χ4v) is 4.24. The molecular weight excluding hydrogens is 400 g/mol. The number of hydrogen-bond acceptors (Lipinski definition) is 6. The number of rotatable bonds is 5. The summed E-state index contributed by atoms with van der Waals surface area (Å²) in [6, 6.07) is 8.70. The SMILES string of the molecule is O=C(Cn1c(=O)n(Cc2ccc3c(c2)OCO3)c(=O)c2ncccc21)NC1CCCC1. The highest BCUT2D eigenvalue weighted by Crippen LogP contribution is 2.32. The first kappa shape index (κ1) is 19.3. The number of fused-ring (bicyclic) bond motifs is 2. The maximum Gasteiger partial charge on any atom is 0.332 e. The fourth-order valence-electron chi connectivity index (χ4n) is 4.24. The van der Waals surface area contributed by atoms with E-state index in [0.717, 1.165) is 30.3 Å². The molecule has 1 amide bonds. The number of carbonyl (C=O) groups is 1. The summed E-state index contributed by atoms with van der Waals surface area (Å²) in [5, 5.41) is 2.99. The van der Waals surface area contributed by atoms with Crippen LogP contribution in [-0.4, -0.2) is 32.9 Å². The first-order valence-electron chi connectivity index (χ1n) is 10.4. The minimum atomic E-state index is -0.551. The Kier molecular flexibility index (Phi) is 4.93. The number of benzene rings is 1. The molecule has 9 nitrogen and oxygen atoms in total. The van der Waals surface area contributed by atoms with Crippen LogP contribution in [0.3, 0.4) is 0 Å². The van der Waals surface area contributed by atoms with E-state index in [9.17, 15) is 14.4 Å². The summed E-state index contributed by atoms with van der Waals surface area (Å²) < 4.78 is 13.1. The Morgan fingerprint density at radius 3 is 2.74 bits per heavy atom. The maximum absolute atomic E-state index is 13.3. The number of pyridine rings is 1. The van der Waals surface area contributed by atoms with Crippen molar-refractivity contribution in [1.29, 1.82) is 0 Å². The molecule has 1 saturated carbocycles. The number of nitrogens with zero attached hydrogens (tertiary/aromatic N) is 3. The molecule has 1 aliphatic carbocycles. The van der Waals surface area contributed by atoms with Crippen LogP contribution in [0.5, 0.6) is 11.5 Å². The molecule has 9 heteroatoms. The summed E-state index contributed by atoms with van der Waals surface area (Å²) >= 11 is 0. The van der Waals surface area contributed by atoms with Crippen molar-refractivity contribution < 1.29 is 14.3 Å². The van der Waals surface area contributed by atoms with Gasteiger partial charge in [0.15, 0.2) is 17.0 Å². The van der Waals surface area contributed by atoms with Crippen molar-refractivity contribution in [2.24, 2.45) is 0 Å². The van der Waals surface area contributed by atoms with Gasteiger partial charge in [0.2, 0.25) is 12.7 Å². The van der Waals surface area contributed by atoms with E-state index in [4.69, 9.17) is 9.47 Å². The van der Waals surface area contributed by atoms with Gasteiger partial charge in [-0.1, -0.05) is 18.9 Å². The molecule has 0 atom stereocenters. The molecule has 0 saturated heterocycles. The van der Waals surface area contributed by atoms with E-state index < -0.39 is 11.2 Å². The summed E-state index contributed by atoms with van der Waals surface area (Å²) in [7, 11) is 0. The summed E-state index contributed by atoms with van der Waals surface area (Å²) in [6.07, 6.45) is 5.59. The van der Waals surface area contributed by atoms with E-state index >= 15 is 0 Å². The molecule has 3 aromatic rings. The van der Waals surface area contributed by atoms with Gasteiger partial charge >= 0.3 is 5.69 Å². The van der Waals surface area contributed by atoms with Crippen LogP contribution in [0.2, 0.25) is 0 Å². The van der Waals surface area contributed by atoms with E-state index in [0.29, 0.717) is 22.6 Å². The Hall–Kier alpha value is -3.62. The quantitative estimate of drug-likeness (QED) is 0.666. The molecule has 31 heavy (non-hydrogen) atoms. The van der Waals surface area contributed by atoms with Gasteiger partial charge in [0.25, 0.3) is 5.56 Å². The van der Waals surface area contributed by atoms with Crippen LogP contribution in [0, 0.1) is 0 Å². The van der Waals surface area contributed by atoms with Crippen molar-refractivity contribution in [2.75, 3.05) is 6.79 Å². The van der Waals surface area contributed by atoms with Gasteiger partial charge in [-0.25, -0.2) is 9.78 Å². The van der Waals surface area contributed by atoms with Crippen molar-refractivity contribution in [3.63, 3.8) is 0 Å². The molecule has 5 rings (SSSR count). The second-order valence-electron chi connectivity index (χ2n) is 7.87. The molecule has 2 aliphatic rings. The topological polar surface area (TPSA) is 104 Å². The lowest BCUT2D eigenvalue weighted by Crippen LogP contribution is -2.44. The number of ether oxygens (including phenoxy) is 2. The van der Waals surface area contributed by atoms with Crippen molar-refractivity contribution in [2.45, 2.75) is 44.8 Å². The summed E-state index contributed by atoms with van der Waals surface area (Å²) in [6.45, 7) is 0.00551. The predicted molar refractivity (Wildman–Crippen MR) is 112 cm³/mol. The van der Waals surface area contributed by atoms with Crippen LogP contribution < -0.4 is 26.0 Å². The number of nitrogens with one attached hydrogen (secondary N) is 1. The minimum absolute atomic E-state index is 0.0328. The van der Waals surface area contributed by atoms with Crippen molar-refractivity contribution >= 4 is 16.9 Å². The predicted octanol–water partition coefficient (Wildman–Crippen LogP) is 1.39. The number of amides is 1. The molecule has 0 radical (unpaired) electrons. The van der Waals surface area contributed by atoms with Gasteiger partial charge in [0.1, 0.15) is 6.54 Å². The third-order valence-corrected chi connectivity index (χ3v) is 5.79. The highest BCUT2D eigenvalue weighted by molar-refractivity contribution is 5.79. The molecule has 160 valence electrons. The molecular formula is C22H22N4O5. The van der Waals surface area contributed by atoms with Gasteiger partial charge in [-0.15, -0.1) is 0 Å². The van der Waals surface area contributed by atoms with Crippen LogP contribution in [-0.2, 0) is 17.9 Å². The molecule has 3 heterocycles. The van der Waals surface area contributed by atoms with Crippen LogP contribution in [0.25, 0.3) is 11.0 Å². The Balaban J connectivity index is 1.53. The number of hydrogen-bond donors (Lipinski definition) is 1. The lowest BCUT2D eigenvalue weighted by atomic mass is 10.2. The Morgan fingerprint density at radius 2 is 1.90 bits per heavy atom. The number of carbonyl (C=O) groups excluding carboxylic acids is 1. The molecule has 1 aromatic carbocycles. The van der Waals surface area contributed by atoms with E-state index in [2.05, 4.69) is 10.3 Å². The average molecular weight is 422 g/mol. The average Bonchev–Trinajstić information content (AvgIpc) is 3.45. The monoisotopic (exact) mass is 422 g/mol. The summed E-state index contributed by atoms with van der Waals surface area (Å²) in [5.41, 5.74) is 0.161. The molecule has 2 aromatic heterocycles. The lowest BCUT2D eigenvalue weighted by Gasteiger charge is -2.16. The molecule has 1 aliphatic heterocycles. The van der Waals surface area contributed by atoms with E-state index in [1.807, 2.05) is 0 Å². The van der Waals surface area contributed by atoms with Crippen LogP contribution in [0.1, 0.15) is 31.2 Å². The van der Waals surface area contributed by atoms with Gasteiger partial charge in [-0.3, -0.25) is 18.7 Å². The molecule has 0 bridgehead atoms. The van der Waals surface area contributed by atoms with E-state index in [-0.39, 0.29) is 37.3 Å². The highest BCUT2D eigenvalue weighted by atomic mass is 16.7. The summed E-state index contributed by atoms with van der Waals surface area (Å²) in [4.78, 5) is 43.1. The fraction of sp³-hybridized carbons (Fsp3) is 0.364. The molecule has 0 unspecified atom stereocenters. The van der Waals surface area contributed by atoms with Gasteiger partial charge in [-0.05, 0) is 42.7 Å². The Morgan fingerprint density at radius 1 is 1.10 bits per heavy atom. The zero-order chi connectivity index (χ0) is 21.4. The third kappa shape index (κ3) is 3.67. The zero-order valence-electron chi connectivity index (χ0n) is 16.9. The van der Waals surface area contributed by atoms with E-state index in [1.54, 1.807) is 30.3 Å². The van der Waals surface area contributed by atoms with E-state index in [1.165, 1.54) is 10.8 Å². The second kappa shape index (κ2) is 7.90. The summed E-state index contributed by atoms with van der Waals surface area (Å²) in [5.74, 6) is 0.949. The van der Waals surface area contributed by atoms with Crippen molar-refractivity contribution in [3.05, 3.63) is 62.9 Å². The number of aromatic nitrogens is 3. The largest absolute Gasteiger partial charge is 0.454 e. The van der Waals surface area contributed by atoms with Gasteiger partial charge in [0, 0.05) is 12.2 Å². The molecule has 1 N–H and O–H groups in total. The van der Waals surface area contributed by atoms with Gasteiger partial charge < -0.3 is 14.8 Å². The van der Waals surface area contributed by atoms with Crippen LogP contribution in [0.4, 0.5) is 0 Å². The maximum atomic E-state index is 13.3. The standard InChI is InChI=1S/C22H22N4O5/c27-19(24-15-4-1-2-5-15)12-25-16-6-3-9-23-20(16)21(28)26(22(25)29)11-14-7-8-17-18(10-14)31-13-30-17/h3,6-10,15H,1-2,4-5,11-13H2,(H,24,27). The van der Waals surface area contributed by atoms with Crippen molar-refractivity contribution in [3.8, 4) is 11.5 Å². The third-order valence-electron chi connectivity index (χ3n) is 5.79. The highest BCUT2D eigenvalue weighted by Gasteiger charge is 2.21. The first-order chi connectivity index (χ1) is 15.1. The molecule has 0 spiro atoms. The normalized spacial score (nSPS) is 15.5. The van der Waals surface area contributed by atoms with Gasteiger partial charge in [0.05, 0.1) is 12.1 Å². The zero-order valence-corrected chi connectivity index (χ0v) is 16.9. The second-order valence-corrected chi connectivity index (χ2v) is 7.87. The van der Waals surface area contributed by atoms with Crippen molar-refractivity contribution in [1.82, 2.24) is 19.4 Å². The first-order valence-corrected chi connectivity index (χ1v) is 10.4. The molecule has 1 fully saturated rings. The Labute approximate surface area is 177 Å². The van der Waals surface area contributed by atoms with Crippen LogP contribution in [0.15, 0.2) is 46.1 Å². The van der Waals surface area contributed by atoms with Crippen LogP contribution >= 0.6 is 0 Å². The smallest absolute Gasteiger partial charge is 0.332 e. The Bertz CT molecular complexity index is 1270.